The summed E-state index contributed by atoms with van der Waals surface area (Å²) in [6, 6.07) is 15.3. The lowest BCUT2D eigenvalue weighted by Gasteiger charge is -2.17. The van der Waals surface area contributed by atoms with E-state index in [-0.39, 0.29) is 61.5 Å². The third kappa shape index (κ3) is 4.57. The number of amides is 3. The number of esters is 1. The number of ether oxygens (including phenoxy) is 1. The molecule has 3 aromatic carbocycles. The Morgan fingerprint density at radius 3 is 1.95 bits per heavy atom. The van der Waals surface area contributed by atoms with Crippen molar-refractivity contribution in [2.24, 2.45) is 5.92 Å². The van der Waals surface area contributed by atoms with Crippen LogP contribution in [0.4, 0.5) is 5.69 Å². The number of halogens is 4. The minimum Gasteiger partial charge on any atom is -0.426 e. The van der Waals surface area contributed by atoms with Gasteiger partial charge in [0.25, 0.3) is 11.8 Å². The number of nitrogens with zero attached hydrogens (tertiary/aromatic N) is 2. The van der Waals surface area contributed by atoms with E-state index in [1.54, 1.807) is 4.90 Å². The highest BCUT2D eigenvalue weighted by molar-refractivity contribution is 6.56. The molecule has 5 rings (SSSR count). The second kappa shape index (κ2) is 9.99. The molecule has 1 fully saturated rings. The average molecular weight is 578 g/mol. The molecule has 188 valence electrons. The van der Waals surface area contributed by atoms with Gasteiger partial charge < -0.3 is 9.64 Å². The van der Waals surface area contributed by atoms with Crippen molar-refractivity contribution >= 4 is 75.8 Å². The summed E-state index contributed by atoms with van der Waals surface area (Å²) >= 11 is 24.5. The van der Waals surface area contributed by atoms with E-state index in [9.17, 15) is 19.2 Å². The molecule has 2 heterocycles. The number of likely N-dealkylation sites (tertiary alicyclic amines) is 1. The van der Waals surface area contributed by atoms with Gasteiger partial charge in [-0.25, -0.2) is 4.90 Å². The Hall–Kier alpha value is -3.10. The number of anilines is 1. The van der Waals surface area contributed by atoms with Gasteiger partial charge in [0.05, 0.1) is 42.8 Å². The maximum Gasteiger partial charge on any atom is 0.316 e. The average Bonchev–Trinajstić information content (AvgIpc) is 3.38. The van der Waals surface area contributed by atoms with Crippen LogP contribution in [0.5, 0.6) is 5.75 Å². The third-order valence-corrected chi connectivity index (χ3v) is 7.98. The number of carbonyl (C=O) groups excluding carboxylic acids is 4. The van der Waals surface area contributed by atoms with Crippen molar-refractivity contribution in [2.45, 2.75) is 13.0 Å². The highest BCUT2D eigenvalue weighted by Crippen LogP contribution is 2.45. The maximum absolute atomic E-state index is 13.0. The molecule has 0 saturated carbocycles. The molecule has 0 unspecified atom stereocenters. The number of fused-ring (bicyclic) bond motifs is 1. The fourth-order valence-electron chi connectivity index (χ4n) is 4.33. The summed E-state index contributed by atoms with van der Waals surface area (Å²) in [7, 11) is 0. The minimum atomic E-state index is -0.710. The van der Waals surface area contributed by atoms with Crippen molar-refractivity contribution in [3.05, 3.63) is 91.4 Å². The van der Waals surface area contributed by atoms with Gasteiger partial charge in [-0.2, -0.15) is 0 Å². The summed E-state index contributed by atoms with van der Waals surface area (Å²) in [4.78, 5) is 53.6. The summed E-state index contributed by atoms with van der Waals surface area (Å²) in [6.45, 7) is 0.676. The van der Waals surface area contributed by atoms with Crippen LogP contribution in [0.3, 0.4) is 0 Å². The molecular weight excluding hydrogens is 562 g/mol. The van der Waals surface area contributed by atoms with Crippen LogP contribution in [0, 0.1) is 5.92 Å². The number of hydrogen-bond donors (Lipinski definition) is 0. The molecule has 0 aromatic heterocycles. The molecule has 1 atom stereocenters. The Labute approximate surface area is 231 Å². The summed E-state index contributed by atoms with van der Waals surface area (Å²) in [5.41, 5.74) is 0.913. The first-order valence-electron chi connectivity index (χ1n) is 11.1. The van der Waals surface area contributed by atoms with Crippen molar-refractivity contribution in [1.82, 2.24) is 4.90 Å². The van der Waals surface area contributed by atoms with E-state index in [1.165, 1.54) is 24.3 Å². The topological polar surface area (TPSA) is 84.0 Å². The zero-order valence-electron chi connectivity index (χ0n) is 18.8. The van der Waals surface area contributed by atoms with E-state index in [0.29, 0.717) is 6.54 Å². The van der Waals surface area contributed by atoms with Crippen LogP contribution >= 0.6 is 46.4 Å². The van der Waals surface area contributed by atoms with Crippen molar-refractivity contribution in [3.8, 4) is 5.75 Å². The lowest BCUT2D eigenvalue weighted by atomic mass is 10.1. The van der Waals surface area contributed by atoms with Gasteiger partial charge in [-0.3, -0.25) is 19.2 Å². The fraction of sp³-hybridized carbons (Fsp3) is 0.154. The predicted octanol–water partition coefficient (Wildman–Crippen LogP) is 6.05. The van der Waals surface area contributed by atoms with Gasteiger partial charge in [-0.1, -0.05) is 76.7 Å². The normalized spacial score (nSPS) is 17.0. The molecule has 2 aliphatic heterocycles. The molecule has 3 aromatic rings. The Morgan fingerprint density at radius 1 is 0.811 bits per heavy atom. The minimum absolute atomic E-state index is 0.0609. The number of benzene rings is 3. The van der Waals surface area contributed by atoms with Crippen molar-refractivity contribution in [1.29, 1.82) is 0 Å². The highest BCUT2D eigenvalue weighted by Gasteiger charge is 2.42. The number of imide groups is 1. The second-order valence-electron chi connectivity index (χ2n) is 8.53. The van der Waals surface area contributed by atoms with Gasteiger partial charge in [0.1, 0.15) is 5.75 Å². The van der Waals surface area contributed by atoms with Crippen LogP contribution in [-0.4, -0.2) is 35.1 Å². The monoisotopic (exact) mass is 576 g/mol. The zero-order valence-corrected chi connectivity index (χ0v) is 21.9. The van der Waals surface area contributed by atoms with E-state index >= 15 is 0 Å². The molecule has 0 N–H and O–H groups in total. The van der Waals surface area contributed by atoms with Crippen LogP contribution in [-0.2, 0) is 16.1 Å². The predicted molar refractivity (Wildman–Crippen MR) is 140 cm³/mol. The lowest BCUT2D eigenvalue weighted by Crippen LogP contribution is -2.29. The van der Waals surface area contributed by atoms with Crippen molar-refractivity contribution in [2.75, 3.05) is 11.4 Å². The first kappa shape index (κ1) is 25.5. The van der Waals surface area contributed by atoms with E-state index in [4.69, 9.17) is 51.1 Å². The van der Waals surface area contributed by atoms with E-state index in [0.717, 1.165) is 10.5 Å². The summed E-state index contributed by atoms with van der Waals surface area (Å²) < 4.78 is 5.46. The number of rotatable bonds is 5. The van der Waals surface area contributed by atoms with Gasteiger partial charge in [-0.05, 0) is 29.8 Å². The van der Waals surface area contributed by atoms with Crippen LogP contribution in [0.25, 0.3) is 0 Å². The van der Waals surface area contributed by atoms with Gasteiger partial charge in [0.2, 0.25) is 5.91 Å². The molecule has 0 bridgehead atoms. The maximum atomic E-state index is 13.0. The van der Waals surface area contributed by atoms with Gasteiger partial charge in [-0.15, -0.1) is 0 Å². The third-order valence-electron chi connectivity index (χ3n) is 6.18. The Kier molecular flexibility index (Phi) is 6.89. The molecular formula is C26H16Cl4N2O5. The van der Waals surface area contributed by atoms with E-state index < -0.39 is 23.7 Å². The molecule has 2 aliphatic rings. The quantitative estimate of drug-likeness (QED) is 0.121. The number of carbonyl (C=O) groups is 4. The van der Waals surface area contributed by atoms with E-state index in [2.05, 4.69) is 0 Å². The smallest absolute Gasteiger partial charge is 0.316 e. The lowest BCUT2D eigenvalue weighted by molar-refractivity contribution is -0.139. The molecule has 37 heavy (non-hydrogen) atoms. The highest BCUT2D eigenvalue weighted by atomic mass is 35.5. The van der Waals surface area contributed by atoms with Crippen LogP contribution < -0.4 is 9.64 Å². The zero-order chi connectivity index (χ0) is 26.4. The van der Waals surface area contributed by atoms with Crippen molar-refractivity contribution in [3.63, 3.8) is 0 Å². The molecule has 7 nitrogen and oxygen atoms in total. The molecule has 3 amide bonds. The Bertz CT molecular complexity index is 1410. The summed E-state index contributed by atoms with van der Waals surface area (Å²) in [5.74, 6) is -2.49. The van der Waals surface area contributed by atoms with E-state index in [1.807, 2.05) is 30.3 Å². The standard InChI is InChI=1S/C26H16Cl4N2O5/c27-20-18-19(21(28)23(30)22(20)29)25(35)32(24(18)34)15-6-8-16(9-7-15)37-26(36)14-10-17(33)31(12-14)11-13-4-2-1-3-5-13/h1-9,14H,10-12H2/t14-/m1/s1. The summed E-state index contributed by atoms with van der Waals surface area (Å²) in [5, 5.41) is -0.565. The first-order chi connectivity index (χ1) is 17.7. The van der Waals surface area contributed by atoms with Crippen LogP contribution in [0.2, 0.25) is 20.1 Å². The van der Waals surface area contributed by atoms with Crippen LogP contribution in [0.1, 0.15) is 32.7 Å². The van der Waals surface area contributed by atoms with Gasteiger partial charge in [0.15, 0.2) is 0 Å². The largest absolute Gasteiger partial charge is 0.426 e. The Morgan fingerprint density at radius 2 is 1.38 bits per heavy atom. The van der Waals surface area contributed by atoms with Crippen molar-refractivity contribution < 1.29 is 23.9 Å². The molecule has 0 aliphatic carbocycles. The summed E-state index contributed by atoms with van der Waals surface area (Å²) in [6.07, 6.45) is 0.0609. The van der Waals surface area contributed by atoms with Gasteiger partial charge in [0, 0.05) is 19.5 Å². The van der Waals surface area contributed by atoms with Crippen LogP contribution in [0.15, 0.2) is 54.6 Å². The van der Waals surface area contributed by atoms with Gasteiger partial charge >= 0.3 is 5.97 Å². The molecule has 11 heteroatoms. The molecule has 0 radical (unpaired) electrons. The first-order valence-corrected chi connectivity index (χ1v) is 12.6. The molecule has 0 spiro atoms. The second-order valence-corrected chi connectivity index (χ2v) is 10.0. The SMILES string of the molecule is O=C(Oc1ccc(N2C(=O)c3c(Cl)c(Cl)c(Cl)c(Cl)c3C2=O)cc1)[C@@H]1CC(=O)N(Cc2ccccc2)C1. The number of hydrogen-bond acceptors (Lipinski definition) is 5. The Balaban J connectivity index is 1.28. The molecule has 1 saturated heterocycles. The fourth-order valence-corrected chi connectivity index (χ4v) is 5.35.